The first-order valence-electron chi connectivity index (χ1n) is 8.53. The van der Waals surface area contributed by atoms with Crippen molar-refractivity contribution in [2.45, 2.75) is 13.3 Å². The molecule has 0 saturated heterocycles. The molecule has 0 aliphatic heterocycles. The highest BCUT2D eigenvalue weighted by Crippen LogP contribution is 2.12. The number of nitrogens with one attached hydrogen (secondary N) is 1. The third-order valence-corrected chi connectivity index (χ3v) is 4.03. The first-order valence-corrected chi connectivity index (χ1v) is 8.53. The van der Waals surface area contributed by atoms with Gasteiger partial charge in [-0.15, -0.1) is 0 Å². The highest BCUT2D eigenvalue weighted by Gasteiger charge is 2.09. The number of benzene rings is 2. The van der Waals surface area contributed by atoms with Crippen molar-refractivity contribution < 1.29 is 4.79 Å². The first-order chi connectivity index (χ1) is 11.7. The summed E-state index contributed by atoms with van der Waals surface area (Å²) in [6, 6.07) is 20.3. The summed E-state index contributed by atoms with van der Waals surface area (Å²) in [5, 5.41) is 3.02. The molecule has 0 aliphatic rings. The predicted molar refractivity (Wildman–Crippen MR) is 102 cm³/mol. The summed E-state index contributed by atoms with van der Waals surface area (Å²) in [5.41, 5.74) is 2.28. The fraction of sp³-hybridized carbons (Fsp3) is 0.350. The molecule has 0 atom stereocenters. The van der Waals surface area contributed by atoms with Crippen molar-refractivity contribution in [3.05, 3.63) is 60.7 Å². The molecule has 0 spiro atoms. The van der Waals surface area contributed by atoms with E-state index in [0.29, 0.717) is 13.1 Å². The van der Waals surface area contributed by atoms with Gasteiger partial charge in [0.2, 0.25) is 5.91 Å². The largest absolute Gasteiger partial charge is 0.375 e. The van der Waals surface area contributed by atoms with Crippen LogP contribution in [0.4, 0.5) is 11.4 Å². The van der Waals surface area contributed by atoms with Gasteiger partial charge in [-0.05, 0) is 37.6 Å². The van der Waals surface area contributed by atoms with Gasteiger partial charge in [0.05, 0.1) is 6.54 Å². The van der Waals surface area contributed by atoms with Crippen molar-refractivity contribution in [1.82, 2.24) is 5.32 Å². The van der Waals surface area contributed by atoms with E-state index in [1.165, 1.54) is 5.69 Å². The van der Waals surface area contributed by atoms with Crippen molar-refractivity contribution in [3.8, 4) is 0 Å². The Balaban J connectivity index is 1.69. The number of anilines is 2. The molecule has 128 valence electrons. The Kier molecular flexibility index (Phi) is 7.15. The molecule has 0 radical (unpaired) electrons. The Morgan fingerprint density at radius 2 is 1.54 bits per heavy atom. The lowest BCUT2D eigenvalue weighted by atomic mass is 10.2. The Labute approximate surface area is 145 Å². The summed E-state index contributed by atoms with van der Waals surface area (Å²) < 4.78 is 0. The first kappa shape index (κ1) is 17.9. The van der Waals surface area contributed by atoms with Gasteiger partial charge in [0, 0.05) is 38.1 Å². The van der Waals surface area contributed by atoms with Gasteiger partial charge in [0.15, 0.2) is 0 Å². The molecular weight excluding hydrogens is 298 g/mol. The molecule has 0 bridgehead atoms. The normalized spacial score (nSPS) is 10.2. The summed E-state index contributed by atoms with van der Waals surface area (Å²) >= 11 is 0. The number of rotatable bonds is 9. The smallest absolute Gasteiger partial charge is 0.239 e. The number of nitrogens with zero attached hydrogens (tertiary/aromatic N) is 2. The second-order valence-corrected chi connectivity index (χ2v) is 5.81. The van der Waals surface area contributed by atoms with Crippen LogP contribution in [0.25, 0.3) is 0 Å². The maximum Gasteiger partial charge on any atom is 0.239 e. The maximum absolute atomic E-state index is 12.1. The van der Waals surface area contributed by atoms with E-state index in [9.17, 15) is 4.79 Å². The van der Waals surface area contributed by atoms with E-state index in [1.54, 1.807) is 0 Å². The van der Waals surface area contributed by atoms with Crippen LogP contribution in [0.1, 0.15) is 13.3 Å². The molecule has 0 unspecified atom stereocenters. The van der Waals surface area contributed by atoms with E-state index in [-0.39, 0.29) is 5.91 Å². The van der Waals surface area contributed by atoms with Gasteiger partial charge in [0.1, 0.15) is 0 Å². The predicted octanol–water partition coefficient (Wildman–Crippen LogP) is 3.16. The SMILES string of the molecule is CCN(CC(=O)NCCCN(C)c1ccccc1)c1ccccc1. The van der Waals surface area contributed by atoms with E-state index in [0.717, 1.165) is 25.2 Å². The number of hydrogen-bond acceptors (Lipinski definition) is 3. The van der Waals surface area contributed by atoms with Crippen LogP contribution in [-0.2, 0) is 4.79 Å². The molecule has 2 aromatic rings. The molecule has 1 amide bonds. The van der Waals surface area contributed by atoms with Crippen LogP contribution in [0.15, 0.2) is 60.7 Å². The van der Waals surface area contributed by atoms with Crippen LogP contribution < -0.4 is 15.1 Å². The zero-order valence-electron chi connectivity index (χ0n) is 14.6. The van der Waals surface area contributed by atoms with E-state index < -0.39 is 0 Å². The zero-order chi connectivity index (χ0) is 17.2. The minimum Gasteiger partial charge on any atom is -0.375 e. The number of amides is 1. The number of carbonyl (C=O) groups is 1. The lowest BCUT2D eigenvalue weighted by Crippen LogP contribution is -2.38. The Bertz CT molecular complexity index is 601. The van der Waals surface area contributed by atoms with Gasteiger partial charge in [-0.1, -0.05) is 36.4 Å². The molecule has 4 nitrogen and oxygen atoms in total. The molecule has 0 aliphatic carbocycles. The highest BCUT2D eigenvalue weighted by molar-refractivity contribution is 5.81. The number of carbonyl (C=O) groups excluding carboxylic acids is 1. The molecule has 0 fully saturated rings. The molecule has 0 aromatic heterocycles. The van der Waals surface area contributed by atoms with Crippen molar-refractivity contribution >= 4 is 17.3 Å². The van der Waals surface area contributed by atoms with Crippen LogP contribution in [0.5, 0.6) is 0 Å². The topological polar surface area (TPSA) is 35.6 Å². The Morgan fingerprint density at radius 1 is 0.958 bits per heavy atom. The molecule has 24 heavy (non-hydrogen) atoms. The van der Waals surface area contributed by atoms with Crippen molar-refractivity contribution in [2.75, 3.05) is 43.0 Å². The zero-order valence-corrected chi connectivity index (χ0v) is 14.6. The van der Waals surface area contributed by atoms with E-state index in [1.807, 2.05) is 48.5 Å². The minimum absolute atomic E-state index is 0.0723. The molecule has 0 saturated carbocycles. The van der Waals surface area contributed by atoms with E-state index in [4.69, 9.17) is 0 Å². The third-order valence-electron chi connectivity index (χ3n) is 4.03. The number of likely N-dealkylation sites (N-methyl/N-ethyl adjacent to an activating group) is 1. The molecular formula is C20H27N3O. The van der Waals surface area contributed by atoms with Gasteiger partial charge >= 0.3 is 0 Å². The van der Waals surface area contributed by atoms with Gasteiger partial charge in [-0.25, -0.2) is 0 Å². The van der Waals surface area contributed by atoms with Crippen LogP contribution >= 0.6 is 0 Å². The number of hydrogen-bond donors (Lipinski definition) is 1. The van der Waals surface area contributed by atoms with E-state index >= 15 is 0 Å². The maximum atomic E-state index is 12.1. The quantitative estimate of drug-likeness (QED) is 0.719. The van der Waals surface area contributed by atoms with Crippen LogP contribution in [0, 0.1) is 0 Å². The fourth-order valence-electron chi connectivity index (χ4n) is 2.61. The lowest BCUT2D eigenvalue weighted by molar-refractivity contribution is -0.119. The average molecular weight is 325 g/mol. The van der Waals surface area contributed by atoms with Crippen LogP contribution in [0.3, 0.4) is 0 Å². The Hall–Kier alpha value is -2.49. The summed E-state index contributed by atoms with van der Waals surface area (Å²) in [6.45, 7) is 4.89. The minimum atomic E-state index is 0.0723. The summed E-state index contributed by atoms with van der Waals surface area (Å²) in [5.74, 6) is 0.0723. The summed E-state index contributed by atoms with van der Waals surface area (Å²) in [7, 11) is 2.07. The van der Waals surface area contributed by atoms with Gasteiger partial charge in [-0.3, -0.25) is 4.79 Å². The molecule has 2 rings (SSSR count). The molecule has 4 heteroatoms. The second kappa shape index (κ2) is 9.60. The van der Waals surface area contributed by atoms with Gasteiger partial charge in [0.25, 0.3) is 0 Å². The monoisotopic (exact) mass is 325 g/mol. The molecule has 0 heterocycles. The van der Waals surface area contributed by atoms with Crippen molar-refractivity contribution in [3.63, 3.8) is 0 Å². The molecule has 2 aromatic carbocycles. The fourth-order valence-corrected chi connectivity index (χ4v) is 2.61. The summed E-state index contributed by atoms with van der Waals surface area (Å²) in [4.78, 5) is 16.4. The van der Waals surface area contributed by atoms with Gasteiger partial charge in [-0.2, -0.15) is 0 Å². The van der Waals surface area contributed by atoms with Crippen molar-refractivity contribution in [2.24, 2.45) is 0 Å². The van der Waals surface area contributed by atoms with Gasteiger partial charge < -0.3 is 15.1 Å². The standard InChI is InChI=1S/C20H27N3O/c1-3-23(19-13-8-5-9-14-19)17-20(24)21-15-10-16-22(2)18-11-6-4-7-12-18/h4-9,11-14H,3,10,15-17H2,1-2H3,(H,21,24). The second-order valence-electron chi connectivity index (χ2n) is 5.81. The molecule has 1 N–H and O–H groups in total. The third kappa shape index (κ3) is 5.61. The van der Waals surface area contributed by atoms with E-state index in [2.05, 4.69) is 41.2 Å². The average Bonchev–Trinajstić information content (AvgIpc) is 2.64. The van der Waals surface area contributed by atoms with Crippen LogP contribution in [-0.4, -0.2) is 39.1 Å². The van der Waals surface area contributed by atoms with Crippen LogP contribution in [0.2, 0.25) is 0 Å². The Morgan fingerprint density at radius 3 is 2.12 bits per heavy atom. The lowest BCUT2D eigenvalue weighted by Gasteiger charge is -2.23. The van der Waals surface area contributed by atoms with Crippen molar-refractivity contribution in [1.29, 1.82) is 0 Å². The highest BCUT2D eigenvalue weighted by atomic mass is 16.2. The summed E-state index contributed by atoms with van der Waals surface area (Å²) in [6.07, 6.45) is 0.925. The number of para-hydroxylation sites is 2.